The average Bonchev–Trinajstić information content (AvgIpc) is 1.70. The second-order valence-corrected chi connectivity index (χ2v) is 22.6. The SMILES string of the molecule is N=C(N)NCCC[C@H](NC(=O)CNC(=O)CNC(=O)CN)C(=O)NCC(=O)N[C@@H](CC(=O)O)C(=O)NCC(=O)NCC(=O)NCC(=O)NCC(=O)NCC(=O)NCC(=O)N1CCC[C@H]1C(=O)N[C@@H](Cc1c[nH]cn1)C(=O)N[C@@H](CO)C(=O)N[C@@H](CCCNC(=N)N)C(=O)N[C@@H](CC(N)=O)C(=O)NCC(=O)O. The molecule has 0 unspecified atom stereocenters. The number of carboxylic acid groups (broad SMARTS) is 2. The Hall–Kier alpha value is -12.9. The number of hydrogen-bond acceptors (Lipinski definition) is 25. The minimum atomic E-state index is -1.84. The molecule has 18 amide bonds. The van der Waals surface area contributed by atoms with E-state index in [9.17, 15) is 106 Å². The highest BCUT2D eigenvalue weighted by molar-refractivity contribution is 6.00. The number of likely N-dealkylation sites (tertiary alicyclic amines) is 1. The minimum absolute atomic E-state index is 0.00482. The summed E-state index contributed by atoms with van der Waals surface area (Å²) in [6, 6.07) is -11.1. The van der Waals surface area contributed by atoms with Gasteiger partial charge >= 0.3 is 11.9 Å². The Labute approximate surface area is 600 Å². The molecule has 1 saturated heterocycles. The zero-order chi connectivity index (χ0) is 79.4. The molecule has 1 aliphatic heterocycles. The first-order chi connectivity index (χ1) is 50.1. The van der Waals surface area contributed by atoms with E-state index in [-0.39, 0.29) is 70.3 Å². The molecule has 7 atom stereocenters. The van der Waals surface area contributed by atoms with E-state index < -0.39 is 264 Å². The Morgan fingerprint density at radius 3 is 1.31 bits per heavy atom. The van der Waals surface area contributed by atoms with Crippen molar-refractivity contribution < 1.29 is 111 Å². The van der Waals surface area contributed by atoms with Crippen LogP contribution in [0.5, 0.6) is 0 Å². The number of nitrogens with two attached hydrogens (primary N) is 4. The Balaban J connectivity index is 1.89. The third-order valence-corrected chi connectivity index (χ3v) is 14.2. The zero-order valence-electron chi connectivity index (χ0n) is 56.9. The second kappa shape index (κ2) is 48.0. The highest BCUT2D eigenvalue weighted by Crippen LogP contribution is 2.18. The third-order valence-electron chi connectivity index (χ3n) is 14.2. The van der Waals surface area contributed by atoms with Gasteiger partial charge in [0.2, 0.25) is 106 Å². The number of carboxylic acids is 2. The summed E-state index contributed by atoms with van der Waals surface area (Å²) < 4.78 is 0. The summed E-state index contributed by atoms with van der Waals surface area (Å²) in [5, 5.41) is 83.5. The number of carbonyl (C=O) groups excluding carboxylic acids is 18. The molecule has 0 saturated carbocycles. The predicted molar refractivity (Wildman–Crippen MR) is 357 cm³/mol. The number of carbonyl (C=O) groups is 20. The van der Waals surface area contributed by atoms with Crippen LogP contribution in [0.3, 0.4) is 0 Å². The number of primary amides is 1. The largest absolute Gasteiger partial charge is 0.481 e. The lowest BCUT2D eigenvalue weighted by atomic mass is 10.1. The van der Waals surface area contributed by atoms with Crippen LogP contribution in [0.25, 0.3) is 0 Å². The highest BCUT2D eigenvalue weighted by Gasteiger charge is 2.38. The second-order valence-electron chi connectivity index (χ2n) is 22.6. The molecule has 1 aromatic heterocycles. The van der Waals surface area contributed by atoms with Gasteiger partial charge in [-0.25, -0.2) is 4.98 Å². The smallest absolute Gasteiger partial charge is 0.322 e. The maximum atomic E-state index is 13.9. The number of aliphatic hydroxyl groups excluding tert-OH is 1. The number of hydrogen-bond donors (Lipinski definition) is 28. The van der Waals surface area contributed by atoms with Gasteiger partial charge in [-0.05, 0) is 38.5 Å². The molecule has 0 aliphatic carbocycles. The van der Waals surface area contributed by atoms with Crippen LogP contribution in [0.4, 0.5) is 0 Å². The molecule has 106 heavy (non-hydrogen) atoms. The highest BCUT2D eigenvalue weighted by atomic mass is 16.4. The summed E-state index contributed by atoms with van der Waals surface area (Å²) in [6.07, 6.45) is 0.618. The lowest BCUT2D eigenvalue weighted by Crippen LogP contribution is -2.60. The van der Waals surface area contributed by atoms with Crippen molar-refractivity contribution in [2.75, 3.05) is 98.2 Å². The first kappa shape index (κ1) is 89.2. The number of amides is 18. The number of nitrogens with zero attached hydrogens (tertiary/aromatic N) is 2. The summed E-state index contributed by atoms with van der Waals surface area (Å²) in [5.41, 5.74) is 21.2. The Morgan fingerprint density at radius 1 is 0.462 bits per heavy atom. The van der Waals surface area contributed by atoms with Gasteiger partial charge in [0.25, 0.3) is 0 Å². The maximum absolute atomic E-state index is 13.9. The molecular formula is C56H89N27O23. The minimum Gasteiger partial charge on any atom is -0.481 e. The summed E-state index contributed by atoms with van der Waals surface area (Å²) in [5.74, 6) is -21.4. The molecule has 1 aromatic rings. The van der Waals surface area contributed by atoms with Crippen LogP contribution in [-0.4, -0.2) is 301 Å². The molecule has 0 bridgehead atoms. The van der Waals surface area contributed by atoms with Gasteiger partial charge in [0.05, 0.1) is 96.9 Å². The third kappa shape index (κ3) is 37.7. The van der Waals surface area contributed by atoms with Crippen molar-refractivity contribution in [2.45, 2.75) is 100 Å². The fourth-order valence-electron chi connectivity index (χ4n) is 8.98. The van der Waals surface area contributed by atoms with Gasteiger partial charge in [0.1, 0.15) is 48.8 Å². The molecule has 0 spiro atoms. The molecule has 1 fully saturated rings. The molecule has 2 rings (SSSR count). The molecule has 0 radical (unpaired) electrons. The number of nitrogens with one attached hydrogen (secondary N) is 21. The predicted octanol–water partition coefficient (Wildman–Crippen LogP) is -17.1. The molecule has 0 aromatic carbocycles. The van der Waals surface area contributed by atoms with Crippen LogP contribution < -0.4 is 119 Å². The van der Waals surface area contributed by atoms with Gasteiger partial charge in [-0.1, -0.05) is 0 Å². The summed E-state index contributed by atoms with van der Waals surface area (Å²) in [4.78, 5) is 260. The van der Waals surface area contributed by atoms with Crippen molar-refractivity contribution in [3.63, 3.8) is 0 Å². The number of imidazole rings is 1. The van der Waals surface area contributed by atoms with Crippen LogP contribution in [0, 0.1) is 10.8 Å². The normalized spacial score (nSPS) is 13.6. The molecule has 50 heteroatoms. The van der Waals surface area contributed by atoms with E-state index in [1.807, 2.05) is 5.32 Å². The topological polar surface area (TPSA) is 802 Å². The summed E-state index contributed by atoms with van der Waals surface area (Å²) in [6.45, 7) is -8.91. The van der Waals surface area contributed by atoms with Gasteiger partial charge in [0.15, 0.2) is 11.9 Å². The average molecular weight is 1510 g/mol. The van der Waals surface area contributed by atoms with Crippen molar-refractivity contribution in [1.29, 1.82) is 10.8 Å². The van der Waals surface area contributed by atoms with E-state index in [0.717, 1.165) is 4.90 Å². The van der Waals surface area contributed by atoms with E-state index in [1.54, 1.807) is 0 Å². The van der Waals surface area contributed by atoms with E-state index in [1.165, 1.54) is 12.5 Å². The number of aromatic amines is 1. The van der Waals surface area contributed by atoms with Gasteiger partial charge in [0, 0.05) is 32.3 Å². The summed E-state index contributed by atoms with van der Waals surface area (Å²) >= 11 is 0. The first-order valence-corrected chi connectivity index (χ1v) is 32.1. The number of rotatable bonds is 49. The van der Waals surface area contributed by atoms with E-state index >= 15 is 0 Å². The number of aliphatic hydroxyl groups is 1. The standard InChI is InChI=1S/C56H89N27O23/c57-13-36(86)66-15-37(87)71-21-43(93)77-28(4-1-7-64-55(59)60)48(100)74-22-44(94)78-32(12-46(96)97)50(102)73-20-42(92)70-18-40(90)68-16-38(88)67-17-39(89)69-19-41(91)72-23-45(95)83-9-3-6-34(83)54(106)81-30(10-27-14-63-26-76-27)52(104)82-33(25-84)53(105)79-29(5-2-8-65-56(61)62)51(103)80-31(11-35(58)85)49(101)75-24-47(98)99/h14,26,28-34,84H,1-13,15-25,57H2,(H2,58,85)(H,63,76)(H,66,86)(H,67,88)(H,68,90)(H,69,89)(H,70,92)(H,71,87)(H,72,91)(H,73,102)(H,74,100)(H,75,101)(H,77,93)(H,78,94)(H,79,105)(H,80,103)(H,81,106)(H,82,104)(H,96,97)(H,98,99)(H4,59,60,64)(H4,61,62,65)/t28-,29-,30-,31-,32-,33-,34-/m0/s1. The first-order valence-electron chi connectivity index (χ1n) is 32.1. The van der Waals surface area contributed by atoms with Crippen molar-refractivity contribution in [3.05, 3.63) is 18.2 Å². The molecular weight excluding hydrogens is 1420 g/mol. The zero-order valence-corrected chi connectivity index (χ0v) is 56.9. The number of H-pyrrole nitrogens is 1. The Kier molecular flexibility index (Phi) is 40.4. The quantitative estimate of drug-likeness (QED) is 0.0164. The number of aromatic nitrogens is 2. The molecule has 1 aliphatic rings. The van der Waals surface area contributed by atoms with Gasteiger partial charge in [-0.3, -0.25) is 107 Å². The van der Waals surface area contributed by atoms with Crippen molar-refractivity contribution in [3.8, 4) is 0 Å². The van der Waals surface area contributed by atoms with E-state index in [0.29, 0.717) is 0 Å². The van der Waals surface area contributed by atoms with Crippen LogP contribution in [0.1, 0.15) is 57.1 Å². The van der Waals surface area contributed by atoms with Gasteiger partial charge in [-0.2, -0.15) is 0 Å². The van der Waals surface area contributed by atoms with Crippen molar-refractivity contribution >= 4 is 130 Å². The molecule has 50 nitrogen and oxygen atoms in total. The fourth-order valence-corrected chi connectivity index (χ4v) is 8.98. The molecule has 32 N–H and O–H groups in total. The van der Waals surface area contributed by atoms with Crippen LogP contribution >= 0.6 is 0 Å². The molecule has 586 valence electrons. The van der Waals surface area contributed by atoms with Crippen molar-refractivity contribution in [2.24, 2.45) is 22.9 Å². The Bertz CT molecular complexity index is 3360. The lowest BCUT2D eigenvalue weighted by molar-refractivity contribution is -0.141. The van der Waals surface area contributed by atoms with Gasteiger partial charge in [-0.15, -0.1) is 0 Å². The number of aliphatic carboxylic acids is 2. The molecule has 2 heterocycles. The lowest BCUT2D eigenvalue weighted by Gasteiger charge is -2.27. The van der Waals surface area contributed by atoms with Crippen LogP contribution in [-0.2, 0) is 102 Å². The maximum Gasteiger partial charge on any atom is 0.322 e. The van der Waals surface area contributed by atoms with Crippen LogP contribution in [0.2, 0.25) is 0 Å². The van der Waals surface area contributed by atoms with E-state index in [2.05, 4.69) is 100 Å². The van der Waals surface area contributed by atoms with Crippen LogP contribution in [0.15, 0.2) is 12.5 Å². The monoisotopic (exact) mass is 1510 g/mol. The Morgan fingerprint density at radius 2 is 0.858 bits per heavy atom. The number of guanidine groups is 2. The van der Waals surface area contributed by atoms with E-state index in [4.69, 9.17) is 38.9 Å². The fraction of sp³-hybridized carbons (Fsp3) is 0.554. The van der Waals surface area contributed by atoms with Gasteiger partial charge < -0.3 is 144 Å². The van der Waals surface area contributed by atoms with Crippen molar-refractivity contribution in [1.82, 2.24) is 111 Å². The summed E-state index contributed by atoms with van der Waals surface area (Å²) in [7, 11) is 0.